The van der Waals surface area contributed by atoms with Crippen molar-refractivity contribution in [1.29, 1.82) is 0 Å². The first kappa shape index (κ1) is 13.4. The molecule has 2 atom stereocenters. The van der Waals surface area contributed by atoms with Crippen molar-refractivity contribution in [3.05, 3.63) is 66.6 Å². The minimum Gasteiger partial charge on any atom is -0.394 e. The number of nitrogens with zero attached hydrogens (tertiary/aromatic N) is 3. The topological polar surface area (TPSA) is 70.4 Å². The fourth-order valence-corrected chi connectivity index (χ4v) is 2.43. The van der Waals surface area contributed by atoms with Crippen molar-refractivity contribution in [2.24, 2.45) is 0 Å². The van der Waals surface area contributed by atoms with Gasteiger partial charge in [-0.1, -0.05) is 30.3 Å². The molecular formula is C15H16N4O2. The summed E-state index contributed by atoms with van der Waals surface area (Å²) in [7, 11) is 0. The fraction of sp³-hybridized carbons (Fsp3) is 0.200. The summed E-state index contributed by atoms with van der Waals surface area (Å²) in [4.78, 5) is 13.5. The Kier molecular flexibility index (Phi) is 3.70. The quantitative estimate of drug-likeness (QED) is 0.879. The predicted molar refractivity (Wildman–Crippen MR) is 76.7 cm³/mol. The molecule has 0 radical (unpaired) electrons. The van der Waals surface area contributed by atoms with Crippen LogP contribution in [0, 0.1) is 0 Å². The number of hydrogen-bond donors (Lipinski definition) is 2. The molecule has 1 unspecified atom stereocenters. The maximum atomic E-state index is 11.6. The molecule has 1 aromatic heterocycles. The zero-order valence-corrected chi connectivity index (χ0v) is 11.3. The third-order valence-electron chi connectivity index (χ3n) is 3.44. The smallest absolute Gasteiger partial charge is 0.248 e. The van der Waals surface area contributed by atoms with Crippen molar-refractivity contribution in [2.45, 2.75) is 12.3 Å². The van der Waals surface area contributed by atoms with Gasteiger partial charge in [0, 0.05) is 24.7 Å². The van der Waals surface area contributed by atoms with E-state index in [1.807, 2.05) is 35.2 Å². The van der Waals surface area contributed by atoms with Gasteiger partial charge in [-0.25, -0.2) is 4.68 Å². The van der Waals surface area contributed by atoms with Crippen LogP contribution in [0.25, 0.3) is 0 Å². The molecule has 1 amide bonds. The van der Waals surface area contributed by atoms with Crippen LogP contribution < -0.4 is 5.32 Å². The maximum absolute atomic E-state index is 11.6. The second-order valence-corrected chi connectivity index (χ2v) is 4.74. The van der Waals surface area contributed by atoms with Crippen molar-refractivity contribution in [3.63, 3.8) is 0 Å². The van der Waals surface area contributed by atoms with Gasteiger partial charge in [-0.05, 0) is 11.6 Å². The molecule has 1 aliphatic heterocycles. The van der Waals surface area contributed by atoms with Crippen LogP contribution in [0.2, 0.25) is 0 Å². The SMILES string of the molecule is O=C1C=CN([C@H](CO)c2ccccc2)C(n2cccn2)N1. The van der Waals surface area contributed by atoms with Gasteiger partial charge in [0.15, 0.2) is 0 Å². The van der Waals surface area contributed by atoms with E-state index in [1.165, 1.54) is 6.08 Å². The molecule has 2 heterocycles. The minimum atomic E-state index is -0.463. The molecule has 2 N–H and O–H groups in total. The lowest BCUT2D eigenvalue weighted by Crippen LogP contribution is -2.47. The summed E-state index contributed by atoms with van der Waals surface area (Å²) in [6.07, 6.45) is 6.11. The standard InChI is InChI=1S/C15H16N4O2/c20-11-13(12-5-2-1-3-6-12)18-10-7-14(21)17-15(18)19-9-4-8-16-19/h1-10,13,15,20H,11H2,(H,17,21)/t13-,15?/m1/s1. The van der Waals surface area contributed by atoms with E-state index in [0.29, 0.717) is 0 Å². The molecular weight excluding hydrogens is 268 g/mol. The third kappa shape index (κ3) is 2.66. The molecule has 0 saturated heterocycles. The molecule has 0 saturated carbocycles. The highest BCUT2D eigenvalue weighted by atomic mass is 16.3. The Morgan fingerprint density at radius 2 is 2.10 bits per heavy atom. The number of rotatable bonds is 4. The molecule has 6 heteroatoms. The van der Waals surface area contributed by atoms with Crippen molar-refractivity contribution in [2.75, 3.05) is 6.61 Å². The van der Waals surface area contributed by atoms with Crippen molar-refractivity contribution < 1.29 is 9.90 Å². The van der Waals surface area contributed by atoms with Gasteiger partial charge in [-0.15, -0.1) is 0 Å². The zero-order chi connectivity index (χ0) is 14.7. The van der Waals surface area contributed by atoms with Crippen LogP contribution in [0.1, 0.15) is 17.9 Å². The van der Waals surface area contributed by atoms with Crippen LogP contribution in [0.15, 0.2) is 61.1 Å². The van der Waals surface area contributed by atoms with Gasteiger partial charge in [0.1, 0.15) is 0 Å². The molecule has 1 aliphatic rings. The van der Waals surface area contributed by atoms with Crippen LogP contribution in [0.3, 0.4) is 0 Å². The van der Waals surface area contributed by atoms with E-state index < -0.39 is 6.29 Å². The summed E-state index contributed by atoms with van der Waals surface area (Å²) < 4.78 is 1.65. The number of aromatic nitrogens is 2. The Hall–Kier alpha value is -2.60. The highest BCUT2D eigenvalue weighted by Gasteiger charge is 2.29. The number of amides is 1. The monoisotopic (exact) mass is 284 g/mol. The first-order valence-corrected chi connectivity index (χ1v) is 6.70. The largest absolute Gasteiger partial charge is 0.394 e. The normalized spacial score (nSPS) is 19.4. The van der Waals surface area contributed by atoms with E-state index in [1.54, 1.807) is 29.3 Å². The van der Waals surface area contributed by atoms with E-state index in [9.17, 15) is 9.90 Å². The van der Waals surface area contributed by atoms with E-state index in [0.717, 1.165) is 5.56 Å². The number of benzene rings is 1. The Labute approximate surface area is 122 Å². The Bertz CT molecular complexity index is 624. The van der Waals surface area contributed by atoms with Crippen molar-refractivity contribution in [1.82, 2.24) is 20.0 Å². The van der Waals surface area contributed by atoms with Gasteiger partial charge in [-0.2, -0.15) is 5.10 Å². The molecule has 2 aromatic rings. The molecule has 3 rings (SSSR count). The number of carbonyl (C=O) groups excluding carboxylic acids is 1. The van der Waals surface area contributed by atoms with Crippen molar-refractivity contribution in [3.8, 4) is 0 Å². The maximum Gasteiger partial charge on any atom is 0.248 e. The average molecular weight is 284 g/mol. The molecule has 0 aliphatic carbocycles. The van der Waals surface area contributed by atoms with Gasteiger partial charge < -0.3 is 15.3 Å². The van der Waals surface area contributed by atoms with Crippen LogP contribution >= 0.6 is 0 Å². The lowest BCUT2D eigenvalue weighted by Gasteiger charge is -2.38. The molecule has 1 aromatic carbocycles. The molecule has 6 nitrogen and oxygen atoms in total. The lowest BCUT2D eigenvalue weighted by molar-refractivity contribution is -0.121. The highest BCUT2D eigenvalue weighted by molar-refractivity contribution is 5.88. The van der Waals surface area contributed by atoms with Gasteiger partial charge in [0.2, 0.25) is 12.2 Å². The predicted octanol–water partition coefficient (Wildman–Crippen LogP) is 1.02. The summed E-state index contributed by atoms with van der Waals surface area (Å²) in [5.74, 6) is -0.184. The number of nitrogens with one attached hydrogen (secondary N) is 1. The number of carbonyl (C=O) groups is 1. The average Bonchev–Trinajstić information content (AvgIpc) is 3.05. The van der Waals surface area contributed by atoms with Gasteiger partial charge in [-0.3, -0.25) is 4.79 Å². The van der Waals surface area contributed by atoms with Gasteiger partial charge >= 0.3 is 0 Å². The van der Waals surface area contributed by atoms with E-state index in [-0.39, 0.29) is 18.6 Å². The van der Waals surface area contributed by atoms with Crippen LogP contribution in [0.4, 0.5) is 0 Å². The third-order valence-corrected chi connectivity index (χ3v) is 3.44. The Balaban J connectivity index is 1.96. The Morgan fingerprint density at radius 3 is 2.76 bits per heavy atom. The minimum absolute atomic E-state index is 0.0675. The lowest BCUT2D eigenvalue weighted by atomic mass is 10.1. The fourth-order valence-electron chi connectivity index (χ4n) is 2.43. The van der Waals surface area contributed by atoms with Gasteiger partial charge in [0.25, 0.3) is 0 Å². The van der Waals surface area contributed by atoms with E-state index >= 15 is 0 Å². The van der Waals surface area contributed by atoms with Crippen molar-refractivity contribution >= 4 is 5.91 Å². The summed E-state index contributed by atoms with van der Waals surface area (Å²) in [6, 6.07) is 11.2. The highest BCUT2D eigenvalue weighted by Crippen LogP contribution is 2.27. The molecule has 0 spiro atoms. The summed E-state index contributed by atoms with van der Waals surface area (Å²) in [5, 5.41) is 16.8. The molecule has 108 valence electrons. The molecule has 0 bridgehead atoms. The summed E-state index contributed by atoms with van der Waals surface area (Å²) in [6.45, 7) is -0.0675. The van der Waals surface area contributed by atoms with Crippen LogP contribution in [0.5, 0.6) is 0 Å². The van der Waals surface area contributed by atoms with E-state index in [2.05, 4.69) is 10.4 Å². The van der Waals surface area contributed by atoms with Gasteiger partial charge in [0.05, 0.1) is 12.6 Å². The summed E-state index contributed by atoms with van der Waals surface area (Å²) in [5.41, 5.74) is 0.970. The van der Waals surface area contributed by atoms with Crippen LogP contribution in [-0.4, -0.2) is 32.3 Å². The second kappa shape index (κ2) is 5.80. The number of aliphatic hydroxyl groups excluding tert-OH is 1. The number of aliphatic hydroxyl groups is 1. The van der Waals surface area contributed by atoms with Crippen LogP contribution in [-0.2, 0) is 4.79 Å². The molecule has 21 heavy (non-hydrogen) atoms. The second-order valence-electron chi connectivity index (χ2n) is 4.74. The first-order valence-electron chi connectivity index (χ1n) is 6.70. The Morgan fingerprint density at radius 1 is 1.29 bits per heavy atom. The number of hydrogen-bond acceptors (Lipinski definition) is 4. The van der Waals surface area contributed by atoms with E-state index in [4.69, 9.17) is 0 Å². The zero-order valence-electron chi connectivity index (χ0n) is 11.3. The summed E-state index contributed by atoms with van der Waals surface area (Å²) >= 11 is 0. The molecule has 0 fully saturated rings. The first-order chi connectivity index (χ1) is 10.3.